The summed E-state index contributed by atoms with van der Waals surface area (Å²) in [7, 11) is 0. The number of rotatable bonds is 3. The fraction of sp³-hybridized carbons (Fsp3) is 0.400. The lowest BCUT2D eigenvalue weighted by atomic mass is 10.1. The molecule has 0 saturated heterocycles. The van der Waals surface area contributed by atoms with Crippen molar-refractivity contribution in [2.75, 3.05) is 5.73 Å². The second-order valence-electron chi connectivity index (χ2n) is 4.95. The van der Waals surface area contributed by atoms with Crippen LogP contribution in [0.25, 0.3) is 0 Å². The zero-order valence-electron chi connectivity index (χ0n) is 10.6. The Labute approximate surface area is 108 Å². The molecule has 0 saturated carbocycles. The Morgan fingerprint density at radius 2 is 1.94 bits per heavy atom. The summed E-state index contributed by atoms with van der Waals surface area (Å²) in [5.41, 5.74) is 8.62. The number of benzene rings is 1. The van der Waals surface area contributed by atoms with Crippen LogP contribution in [0.15, 0.2) is 30.3 Å². The summed E-state index contributed by atoms with van der Waals surface area (Å²) in [5, 5.41) is 0. The number of nitrogens with zero attached hydrogens (tertiary/aromatic N) is 2. The number of aromatic nitrogens is 2. The standard InChI is InChI=1S/C15H19N3/c16-15-13(10-9-12-6-2-1-3-7-12)17-14-8-4-5-11-18(14)15/h1-3,6-7H,4-5,8-11,16H2. The highest BCUT2D eigenvalue weighted by Crippen LogP contribution is 2.22. The molecule has 0 radical (unpaired) electrons. The molecular weight excluding hydrogens is 222 g/mol. The molecule has 3 nitrogen and oxygen atoms in total. The molecule has 2 aromatic rings. The molecule has 94 valence electrons. The van der Waals surface area contributed by atoms with Crippen molar-refractivity contribution in [3.05, 3.63) is 47.4 Å². The Bertz CT molecular complexity index is 528. The summed E-state index contributed by atoms with van der Waals surface area (Å²) in [4.78, 5) is 4.70. The van der Waals surface area contributed by atoms with Gasteiger partial charge in [0.25, 0.3) is 0 Å². The van der Waals surface area contributed by atoms with Gasteiger partial charge in [0.1, 0.15) is 11.6 Å². The highest BCUT2D eigenvalue weighted by atomic mass is 15.1. The van der Waals surface area contributed by atoms with E-state index in [2.05, 4.69) is 28.8 Å². The first-order valence-electron chi connectivity index (χ1n) is 6.72. The summed E-state index contributed by atoms with van der Waals surface area (Å²) >= 11 is 0. The van der Waals surface area contributed by atoms with Crippen molar-refractivity contribution in [1.29, 1.82) is 0 Å². The third kappa shape index (κ3) is 2.13. The van der Waals surface area contributed by atoms with Gasteiger partial charge in [0.15, 0.2) is 0 Å². The van der Waals surface area contributed by atoms with E-state index < -0.39 is 0 Å². The first-order chi connectivity index (χ1) is 8.84. The number of hydrogen-bond donors (Lipinski definition) is 1. The van der Waals surface area contributed by atoms with Crippen LogP contribution in [0.4, 0.5) is 5.82 Å². The smallest absolute Gasteiger partial charge is 0.126 e. The topological polar surface area (TPSA) is 43.8 Å². The van der Waals surface area contributed by atoms with Gasteiger partial charge in [0.2, 0.25) is 0 Å². The second-order valence-corrected chi connectivity index (χ2v) is 4.95. The highest BCUT2D eigenvalue weighted by molar-refractivity contribution is 5.39. The molecule has 2 N–H and O–H groups in total. The minimum atomic E-state index is 0.889. The maximum Gasteiger partial charge on any atom is 0.126 e. The first-order valence-corrected chi connectivity index (χ1v) is 6.72. The van der Waals surface area contributed by atoms with E-state index in [-0.39, 0.29) is 0 Å². The number of aryl methyl sites for hydroxylation is 3. The molecule has 3 heteroatoms. The lowest BCUT2D eigenvalue weighted by Gasteiger charge is -2.14. The van der Waals surface area contributed by atoms with Crippen LogP contribution in [-0.4, -0.2) is 9.55 Å². The quantitative estimate of drug-likeness (QED) is 0.897. The molecule has 0 aliphatic carbocycles. The van der Waals surface area contributed by atoms with E-state index in [4.69, 9.17) is 10.7 Å². The molecule has 0 fully saturated rings. The molecule has 1 aliphatic heterocycles. The lowest BCUT2D eigenvalue weighted by Crippen LogP contribution is -2.12. The molecule has 0 bridgehead atoms. The van der Waals surface area contributed by atoms with Crippen LogP contribution in [0.2, 0.25) is 0 Å². The summed E-state index contributed by atoms with van der Waals surface area (Å²) in [6, 6.07) is 10.5. The van der Waals surface area contributed by atoms with Gasteiger partial charge in [0, 0.05) is 13.0 Å². The van der Waals surface area contributed by atoms with Crippen LogP contribution in [0, 0.1) is 0 Å². The van der Waals surface area contributed by atoms with Gasteiger partial charge in [-0.3, -0.25) is 0 Å². The average molecular weight is 241 g/mol. The Morgan fingerprint density at radius 1 is 1.11 bits per heavy atom. The molecule has 3 rings (SSSR count). The molecule has 2 heterocycles. The molecule has 0 atom stereocenters. The highest BCUT2D eigenvalue weighted by Gasteiger charge is 2.17. The number of nitrogen functional groups attached to an aromatic ring is 1. The zero-order valence-corrected chi connectivity index (χ0v) is 10.6. The predicted octanol–water partition coefficient (Wildman–Crippen LogP) is 2.59. The Hall–Kier alpha value is -1.77. The largest absolute Gasteiger partial charge is 0.384 e. The van der Waals surface area contributed by atoms with Crippen molar-refractivity contribution in [2.45, 2.75) is 38.6 Å². The molecule has 1 aromatic carbocycles. The number of hydrogen-bond acceptors (Lipinski definition) is 2. The van der Waals surface area contributed by atoms with E-state index >= 15 is 0 Å². The van der Waals surface area contributed by atoms with Gasteiger partial charge in [-0.25, -0.2) is 4.98 Å². The van der Waals surface area contributed by atoms with Gasteiger partial charge in [-0.15, -0.1) is 0 Å². The van der Waals surface area contributed by atoms with E-state index in [0.29, 0.717) is 0 Å². The van der Waals surface area contributed by atoms with Crippen LogP contribution < -0.4 is 5.73 Å². The normalized spacial score (nSPS) is 14.4. The minimum absolute atomic E-state index is 0.889. The van der Waals surface area contributed by atoms with Crippen LogP contribution >= 0.6 is 0 Å². The monoisotopic (exact) mass is 241 g/mol. The number of nitrogens with two attached hydrogens (primary N) is 1. The molecule has 1 aromatic heterocycles. The SMILES string of the molecule is Nc1c(CCc2ccccc2)nc2n1CCCC2. The second kappa shape index (κ2) is 4.84. The predicted molar refractivity (Wildman–Crippen MR) is 73.4 cm³/mol. The lowest BCUT2D eigenvalue weighted by molar-refractivity contribution is 0.527. The van der Waals surface area contributed by atoms with Crippen molar-refractivity contribution in [3.63, 3.8) is 0 Å². The zero-order chi connectivity index (χ0) is 12.4. The summed E-state index contributed by atoms with van der Waals surface area (Å²) in [6.07, 6.45) is 5.51. The molecule has 0 unspecified atom stereocenters. The number of anilines is 1. The van der Waals surface area contributed by atoms with Crippen molar-refractivity contribution in [1.82, 2.24) is 9.55 Å². The van der Waals surface area contributed by atoms with E-state index in [9.17, 15) is 0 Å². The van der Waals surface area contributed by atoms with Gasteiger partial charge in [0.05, 0.1) is 5.69 Å². The van der Waals surface area contributed by atoms with E-state index in [1.165, 1.54) is 24.2 Å². The fourth-order valence-corrected chi connectivity index (χ4v) is 2.65. The summed E-state index contributed by atoms with van der Waals surface area (Å²) in [5.74, 6) is 2.07. The van der Waals surface area contributed by atoms with Crippen LogP contribution in [0.1, 0.15) is 29.9 Å². The average Bonchev–Trinajstić information content (AvgIpc) is 2.75. The molecule has 1 aliphatic rings. The maximum absolute atomic E-state index is 6.19. The van der Waals surface area contributed by atoms with E-state index in [1.807, 2.05) is 6.07 Å². The minimum Gasteiger partial charge on any atom is -0.384 e. The number of imidazole rings is 1. The van der Waals surface area contributed by atoms with E-state index in [0.717, 1.165) is 37.3 Å². The van der Waals surface area contributed by atoms with Gasteiger partial charge in [-0.2, -0.15) is 0 Å². The molecule has 18 heavy (non-hydrogen) atoms. The molecule has 0 amide bonds. The Balaban J connectivity index is 1.75. The van der Waals surface area contributed by atoms with Gasteiger partial charge in [-0.05, 0) is 31.2 Å². The Morgan fingerprint density at radius 3 is 2.72 bits per heavy atom. The van der Waals surface area contributed by atoms with Crippen molar-refractivity contribution >= 4 is 5.82 Å². The molecule has 0 spiro atoms. The first kappa shape index (κ1) is 11.3. The summed E-state index contributed by atoms with van der Waals surface area (Å²) < 4.78 is 2.20. The fourth-order valence-electron chi connectivity index (χ4n) is 2.65. The van der Waals surface area contributed by atoms with Crippen LogP contribution in [0.3, 0.4) is 0 Å². The van der Waals surface area contributed by atoms with Gasteiger partial charge in [-0.1, -0.05) is 30.3 Å². The number of fused-ring (bicyclic) bond motifs is 1. The third-order valence-corrected chi connectivity index (χ3v) is 3.69. The van der Waals surface area contributed by atoms with Gasteiger partial charge >= 0.3 is 0 Å². The van der Waals surface area contributed by atoms with Gasteiger partial charge < -0.3 is 10.3 Å². The Kier molecular flexibility index (Phi) is 3.05. The van der Waals surface area contributed by atoms with Crippen molar-refractivity contribution in [3.8, 4) is 0 Å². The molecular formula is C15H19N3. The van der Waals surface area contributed by atoms with Crippen molar-refractivity contribution in [2.24, 2.45) is 0 Å². The third-order valence-electron chi connectivity index (χ3n) is 3.69. The van der Waals surface area contributed by atoms with Crippen LogP contribution in [0.5, 0.6) is 0 Å². The van der Waals surface area contributed by atoms with Crippen LogP contribution in [-0.2, 0) is 25.8 Å². The maximum atomic E-state index is 6.19. The summed E-state index contributed by atoms with van der Waals surface area (Å²) in [6.45, 7) is 1.04. The van der Waals surface area contributed by atoms with Crippen molar-refractivity contribution < 1.29 is 0 Å². The van der Waals surface area contributed by atoms with E-state index in [1.54, 1.807) is 0 Å².